The molecule has 0 atom stereocenters. The number of carbonyl (C=O) groups is 1. The summed E-state index contributed by atoms with van der Waals surface area (Å²) in [6.45, 7) is 5.74. The van der Waals surface area contributed by atoms with Crippen LogP contribution in [-0.4, -0.2) is 15.5 Å². The minimum atomic E-state index is -4.48. The number of ketones is 1. The van der Waals surface area contributed by atoms with Crippen molar-refractivity contribution in [3.63, 3.8) is 0 Å². The van der Waals surface area contributed by atoms with Crippen LogP contribution in [-0.2, 0) is 11.0 Å². The molecular formula is C29H20F3NO2. The summed E-state index contributed by atoms with van der Waals surface area (Å²) >= 11 is 0. The fourth-order valence-electron chi connectivity index (χ4n) is 4.55. The van der Waals surface area contributed by atoms with Crippen molar-refractivity contribution in [2.45, 2.75) is 13.1 Å². The highest BCUT2D eigenvalue weighted by Crippen LogP contribution is 2.44. The van der Waals surface area contributed by atoms with Crippen molar-refractivity contribution in [3.8, 4) is 5.69 Å². The Morgan fingerprint density at radius 3 is 2.40 bits per heavy atom. The first-order valence-electron chi connectivity index (χ1n) is 10.9. The third-order valence-electron chi connectivity index (χ3n) is 6.27. The molecule has 35 heavy (non-hydrogen) atoms. The molecule has 6 heteroatoms. The number of carbonyl (C=O) groups excluding carboxylic acids is 1. The second kappa shape index (κ2) is 8.17. The van der Waals surface area contributed by atoms with Crippen LogP contribution < -0.4 is 0 Å². The van der Waals surface area contributed by atoms with E-state index in [1.165, 1.54) is 6.07 Å². The van der Waals surface area contributed by atoms with Gasteiger partial charge in [0.15, 0.2) is 0 Å². The van der Waals surface area contributed by atoms with E-state index in [-0.39, 0.29) is 22.7 Å². The minimum Gasteiger partial charge on any atom is -0.506 e. The molecule has 0 spiro atoms. The molecule has 1 heterocycles. The van der Waals surface area contributed by atoms with Gasteiger partial charge >= 0.3 is 6.18 Å². The lowest BCUT2D eigenvalue weighted by Gasteiger charge is -2.24. The molecule has 0 saturated carbocycles. The summed E-state index contributed by atoms with van der Waals surface area (Å²) in [5.41, 5.74) is 3.19. The third kappa shape index (κ3) is 3.58. The molecule has 0 amide bonds. The van der Waals surface area contributed by atoms with Crippen molar-refractivity contribution in [2.75, 3.05) is 0 Å². The van der Waals surface area contributed by atoms with E-state index in [9.17, 15) is 23.1 Å². The number of alkyl halides is 3. The summed E-state index contributed by atoms with van der Waals surface area (Å²) in [6.07, 6.45) is -1.33. The van der Waals surface area contributed by atoms with E-state index in [1.807, 2.05) is 31.2 Å². The third-order valence-corrected chi connectivity index (χ3v) is 6.27. The van der Waals surface area contributed by atoms with Crippen LogP contribution in [0.3, 0.4) is 0 Å². The number of aromatic nitrogens is 1. The van der Waals surface area contributed by atoms with Crippen LogP contribution in [0.5, 0.6) is 0 Å². The first-order chi connectivity index (χ1) is 16.7. The molecule has 4 aromatic rings. The fourth-order valence-corrected chi connectivity index (χ4v) is 4.55. The van der Waals surface area contributed by atoms with Gasteiger partial charge in [0.25, 0.3) is 0 Å². The van der Waals surface area contributed by atoms with Crippen LogP contribution in [0.15, 0.2) is 103 Å². The van der Waals surface area contributed by atoms with Gasteiger partial charge in [-0.05, 0) is 47.9 Å². The molecule has 5 rings (SSSR count). The molecule has 0 fully saturated rings. The molecule has 1 aromatic heterocycles. The minimum absolute atomic E-state index is 0.134. The molecule has 0 bridgehead atoms. The van der Waals surface area contributed by atoms with Crippen LogP contribution in [0, 0.1) is 6.92 Å². The Kier molecular flexibility index (Phi) is 5.24. The molecule has 0 radical (unpaired) electrons. The van der Waals surface area contributed by atoms with Crippen LogP contribution >= 0.6 is 0 Å². The first-order valence-corrected chi connectivity index (χ1v) is 10.9. The number of hydrogen-bond acceptors (Lipinski definition) is 2. The maximum atomic E-state index is 13.4. The molecular weight excluding hydrogens is 451 g/mol. The lowest BCUT2D eigenvalue weighted by molar-refractivity contribution is -0.137. The molecule has 0 unspecified atom stereocenters. The number of para-hydroxylation sites is 1. The Balaban J connectivity index is 1.70. The van der Waals surface area contributed by atoms with Crippen molar-refractivity contribution in [1.29, 1.82) is 0 Å². The van der Waals surface area contributed by atoms with E-state index in [2.05, 4.69) is 6.58 Å². The van der Waals surface area contributed by atoms with Crippen LogP contribution in [0.4, 0.5) is 13.2 Å². The predicted octanol–water partition coefficient (Wildman–Crippen LogP) is 7.45. The maximum Gasteiger partial charge on any atom is 0.416 e. The zero-order valence-corrected chi connectivity index (χ0v) is 18.7. The topological polar surface area (TPSA) is 42.2 Å². The first kappa shape index (κ1) is 22.5. The van der Waals surface area contributed by atoms with Crippen LogP contribution in [0.1, 0.15) is 22.3 Å². The SMILES string of the molecule is C=C/C(=C1/C(=O)C(c2cn(-c3cccc(C(F)(F)F)c3)c3ccccc23)=C1O)c1ccccc1C. The number of aryl methyl sites for hydroxylation is 1. The average Bonchev–Trinajstić information content (AvgIpc) is 3.21. The lowest BCUT2D eigenvalue weighted by Crippen LogP contribution is -2.22. The van der Waals surface area contributed by atoms with Crippen LogP contribution in [0.25, 0.3) is 27.7 Å². The van der Waals surface area contributed by atoms with Gasteiger partial charge in [-0.25, -0.2) is 0 Å². The number of aliphatic hydroxyl groups excluding tert-OH is 1. The number of rotatable bonds is 4. The van der Waals surface area contributed by atoms with E-state index in [1.54, 1.807) is 47.2 Å². The number of halogens is 3. The molecule has 0 saturated heterocycles. The number of benzene rings is 3. The number of allylic oxidation sites excluding steroid dienone is 4. The fraction of sp³-hybridized carbons (Fsp3) is 0.0690. The zero-order valence-electron chi connectivity index (χ0n) is 18.7. The van der Waals surface area contributed by atoms with E-state index in [4.69, 9.17) is 0 Å². The van der Waals surface area contributed by atoms with E-state index in [0.29, 0.717) is 27.7 Å². The van der Waals surface area contributed by atoms with Gasteiger partial charge in [0.2, 0.25) is 5.78 Å². The van der Waals surface area contributed by atoms with Gasteiger partial charge in [-0.15, -0.1) is 0 Å². The van der Waals surface area contributed by atoms with E-state index < -0.39 is 11.7 Å². The number of Topliss-reactive ketones (excluding diaryl/α,β-unsaturated/α-hetero) is 1. The molecule has 3 aromatic carbocycles. The molecule has 174 valence electrons. The molecule has 1 aliphatic rings. The second-order valence-electron chi connectivity index (χ2n) is 8.34. The molecule has 1 aliphatic carbocycles. The highest BCUT2D eigenvalue weighted by atomic mass is 19.4. The standard InChI is InChI=1S/C29H20F3NO2/c1-3-20(21-12-5-4-9-17(21)2)25-27(34)26(28(25)35)23-16-33(24-14-7-6-13-22(23)24)19-11-8-10-18(15-19)29(30,31)32/h3-16,34H,1H2,2H3/b25-20-. The van der Waals surface area contributed by atoms with Gasteiger partial charge in [0.1, 0.15) is 5.76 Å². The maximum absolute atomic E-state index is 13.4. The largest absolute Gasteiger partial charge is 0.506 e. The molecule has 1 N–H and O–H groups in total. The summed E-state index contributed by atoms with van der Waals surface area (Å²) in [7, 11) is 0. The average molecular weight is 471 g/mol. The van der Waals surface area contributed by atoms with Crippen molar-refractivity contribution in [1.82, 2.24) is 4.57 Å². The van der Waals surface area contributed by atoms with Gasteiger partial charge in [-0.2, -0.15) is 13.2 Å². The van der Waals surface area contributed by atoms with E-state index >= 15 is 0 Å². The smallest absolute Gasteiger partial charge is 0.416 e. The van der Waals surface area contributed by atoms with Gasteiger partial charge in [-0.1, -0.05) is 61.2 Å². The van der Waals surface area contributed by atoms with Gasteiger partial charge in [0.05, 0.1) is 22.2 Å². The molecule has 3 nitrogen and oxygen atoms in total. The second-order valence-corrected chi connectivity index (χ2v) is 8.34. The Morgan fingerprint density at radius 1 is 1.00 bits per heavy atom. The monoisotopic (exact) mass is 471 g/mol. The van der Waals surface area contributed by atoms with Crippen molar-refractivity contribution in [3.05, 3.63) is 125 Å². The highest BCUT2D eigenvalue weighted by molar-refractivity contribution is 6.42. The quantitative estimate of drug-likeness (QED) is 0.314. The normalized spacial score (nSPS) is 15.4. The Labute approximate surface area is 199 Å². The van der Waals surface area contributed by atoms with Crippen molar-refractivity contribution >= 4 is 27.8 Å². The van der Waals surface area contributed by atoms with Gasteiger partial charge in [0, 0.05) is 22.8 Å². The number of hydrogen-bond donors (Lipinski definition) is 1. The Bertz CT molecular complexity index is 1590. The number of aliphatic hydroxyl groups is 1. The van der Waals surface area contributed by atoms with Crippen LogP contribution in [0.2, 0.25) is 0 Å². The van der Waals surface area contributed by atoms with E-state index in [0.717, 1.165) is 23.3 Å². The highest BCUT2D eigenvalue weighted by Gasteiger charge is 2.38. The lowest BCUT2D eigenvalue weighted by atomic mass is 9.79. The van der Waals surface area contributed by atoms with Gasteiger partial charge < -0.3 is 9.67 Å². The van der Waals surface area contributed by atoms with Gasteiger partial charge in [-0.3, -0.25) is 4.79 Å². The molecule has 0 aliphatic heterocycles. The number of nitrogens with zero attached hydrogens (tertiary/aromatic N) is 1. The van der Waals surface area contributed by atoms with Crippen molar-refractivity contribution < 1.29 is 23.1 Å². The summed E-state index contributed by atoms with van der Waals surface area (Å²) in [4.78, 5) is 13.4. The summed E-state index contributed by atoms with van der Waals surface area (Å²) in [5, 5.41) is 11.7. The number of fused-ring (bicyclic) bond motifs is 1. The zero-order chi connectivity index (χ0) is 24.9. The Morgan fingerprint density at radius 2 is 1.71 bits per heavy atom. The summed E-state index contributed by atoms with van der Waals surface area (Å²) < 4.78 is 41.5. The Hall–Kier alpha value is -4.32. The van der Waals surface area contributed by atoms with Crippen molar-refractivity contribution in [2.24, 2.45) is 0 Å². The summed E-state index contributed by atoms with van der Waals surface area (Å²) in [5.74, 6) is -0.493. The predicted molar refractivity (Wildman–Crippen MR) is 131 cm³/mol. The summed E-state index contributed by atoms with van der Waals surface area (Å²) in [6, 6.07) is 19.6.